The van der Waals surface area contributed by atoms with Crippen LogP contribution in [-0.4, -0.2) is 18.3 Å². The summed E-state index contributed by atoms with van der Waals surface area (Å²) in [7, 11) is 1.48. The van der Waals surface area contributed by atoms with Crippen molar-refractivity contribution in [2.45, 2.75) is 19.1 Å². The molecule has 5 heteroatoms. The quantitative estimate of drug-likeness (QED) is 0.838. The van der Waals surface area contributed by atoms with E-state index >= 15 is 0 Å². The highest BCUT2D eigenvalue weighted by molar-refractivity contribution is 5.85. The monoisotopic (exact) mass is 235 g/mol. The molecular formula is C10H15ClFNO2. The zero-order valence-electron chi connectivity index (χ0n) is 8.61. The van der Waals surface area contributed by atoms with Gasteiger partial charge in [0.05, 0.1) is 19.3 Å². The predicted molar refractivity (Wildman–Crippen MR) is 58.8 cm³/mol. The van der Waals surface area contributed by atoms with Crippen molar-refractivity contribution in [1.29, 1.82) is 0 Å². The first kappa shape index (κ1) is 14.2. The molecule has 2 atom stereocenters. The van der Waals surface area contributed by atoms with Gasteiger partial charge in [-0.05, 0) is 25.1 Å². The molecule has 0 heterocycles. The van der Waals surface area contributed by atoms with E-state index in [0.29, 0.717) is 11.3 Å². The van der Waals surface area contributed by atoms with Crippen LogP contribution in [0, 0.1) is 5.82 Å². The van der Waals surface area contributed by atoms with Crippen LogP contribution >= 0.6 is 12.4 Å². The fraction of sp³-hybridized carbons (Fsp3) is 0.400. The van der Waals surface area contributed by atoms with E-state index < -0.39 is 18.0 Å². The van der Waals surface area contributed by atoms with Crippen LogP contribution in [-0.2, 0) is 0 Å². The molecule has 0 aliphatic rings. The van der Waals surface area contributed by atoms with Gasteiger partial charge in [0.15, 0.2) is 0 Å². The lowest BCUT2D eigenvalue weighted by Gasteiger charge is -2.17. The Morgan fingerprint density at radius 2 is 2.07 bits per heavy atom. The van der Waals surface area contributed by atoms with Crippen LogP contribution in [0.1, 0.15) is 18.5 Å². The van der Waals surface area contributed by atoms with E-state index in [0.717, 1.165) is 0 Å². The molecule has 1 aromatic rings. The van der Waals surface area contributed by atoms with E-state index in [9.17, 15) is 9.50 Å². The van der Waals surface area contributed by atoms with E-state index in [1.165, 1.54) is 25.3 Å². The molecule has 0 fully saturated rings. The van der Waals surface area contributed by atoms with Crippen molar-refractivity contribution in [2.75, 3.05) is 7.11 Å². The molecule has 3 N–H and O–H groups in total. The molecule has 1 aromatic carbocycles. The van der Waals surface area contributed by atoms with Gasteiger partial charge < -0.3 is 15.6 Å². The van der Waals surface area contributed by atoms with Crippen molar-refractivity contribution in [1.82, 2.24) is 0 Å². The zero-order chi connectivity index (χ0) is 10.7. The van der Waals surface area contributed by atoms with Crippen LogP contribution < -0.4 is 10.5 Å². The van der Waals surface area contributed by atoms with Gasteiger partial charge in [-0.1, -0.05) is 0 Å². The number of hydrogen-bond donors (Lipinski definition) is 2. The van der Waals surface area contributed by atoms with Gasteiger partial charge >= 0.3 is 0 Å². The van der Waals surface area contributed by atoms with E-state index in [4.69, 9.17) is 10.5 Å². The highest BCUT2D eigenvalue weighted by Gasteiger charge is 2.17. The number of rotatable bonds is 3. The second-order valence-corrected chi connectivity index (χ2v) is 3.15. The smallest absolute Gasteiger partial charge is 0.123 e. The zero-order valence-corrected chi connectivity index (χ0v) is 9.42. The highest BCUT2D eigenvalue weighted by atomic mass is 35.5. The van der Waals surface area contributed by atoms with Gasteiger partial charge in [0, 0.05) is 5.56 Å². The second-order valence-electron chi connectivity index (χ2n) is 3.15. The van der Waals surface area contributed by atoms with Crippen LogP contribution in [0.2, 0.25) is 0 Å². The fourth-order valence-electron chi connectivity index (χ4n) is 1.23. The molecule has 0 aromatic heterocycles. The molecule has 0 radical (unpaired) electrons. The number of methoxy groups -OCH3 is 1. The summed E-state index contributed by atoms with van der Waals surface area (Å²) in [5.74, 6) is 0.0942. The Hall–Kier alpha value is -0.840. The molecular weight excluding hydrogens is 221 g/mol. The van der Waals surface area contributed by atoms with Gasteiger partial charge in [-0.25, -0.2) is 4.39 Å². The first-order valence-corrected chi connectivity index (χ1v) is 4.33. The molecule has 0 saturated heterocycles. The van der Waals surface area contributed by atoms with E-state index in [-0.39, 0.29) is 12.4 Å². The Balaban J connectivity index is 0.00000196. The minimum Gasteiger partial charge on any atom is -0.496 e. The summed E-state index contributed by atoms with van der Waals surface area (Å²) < 4.78 is 17.9. The molecule has 0 spiro atoms. The van der Waals surface area contributed by atoms with Crippen molar-refractivity contribution in [3.05, 3.63) is 29.6 Å². The van der Waals surface area contributed by atoms with Crippen molar-refractivity contribution >= 4 is 12.4 Å². The Labute approximate surface area is 94.5 Å². The third-order valence-electron chi connectivity index (χ3n) is 2.07. The molecule has 0 unspecified atom stereocenters. The van der Waals surface area contributed by atoms with Gasteiger partial charge in [0.2, 0.25) is 0 Å². The van der Waals surface area contributed by atoms with E-state index in [1.807, 2.05) is 0 Å². The van der Waals surface area contributed by atoms with Gasteiger partial charge in [-0.15, -0.1) is 12.4 Å². The summed E-state index contributed by atoms with van der Waals surface area (Å²) in [6.45, 7) is 1.55. The van der Waals surface area contributed by atoms with Crippen LogP contribution in [0.15, 0.2) is 18.2 Å². The minimum atomic E-state index is -0.745. The minimum absolute atomic E-state index is 0. The number of halogens is 2. The number of hydrogen-bond acceptors (Lipinski definition) is 3. The topological polar surface area (TPSA) is 55.5 Å². The van der Waals surface area contributed by atoms with Gasteiger partial charge in [-0.2, -0.15) is 0 Å². The molecule has 0 amide bonds. The lowest BCUT2D eigenvalue weighted by Crippen LogP contribution is -2.23. The summed E-state index contributed by atoms with van der Waals surface area (Å²) in [5.41, 5.74) is 6.16. The number of ether oxygens (including phenoxy) is 1. The van der Waals surface area contributed by atoms with Crippen LogP contribution in [0.4, 0.5) is 4.39 Å². The van der Waals surface area contributed by atoms with Gasteiger partial charge in [0.25, 0.3) is 0 Å². The van der Waals surface area contributed by atoms with Gasteiger partial charge in [0.1, 0.15) is 11.6 Å². The summed E-state index contributed by atoms with van der Waals surface area (Å²) in [6, 6.07) is 3.42. The summed E-state index contributed by atoms with van der Waals surface area (Å²) in [6.07, 6.45) is -0.745. The molecule has 15 heavy (non-hydrogen) atoms. The maximum absolute atomic E-state index is 12.9. The Morgan fingerprint density at radius 1 is 1.47 bits per heavy atom. The first-order chi connectivity index (χ1) is 6.56. The fourth-order valence-corrected chi connectivity index (χ4v) is 1.23. The van der Waals surface area contributed by atoms with Crippen molar-refractivity contribution in [2.24, 2.45) is 5.73 Å². The Morgan fingerprint density at radius 3 is 2.53 bits per heavy atom. The Bertz CT molecular complexity index is 320. The summed E-state index contributed by atoms with van der Waals surface area (Å²) in [5, 5.41) is 9.28. The largest absolute Gasteiger partial charge is 0.496 e. The predicted octanol–water partition coefficient (Wildman–Crippen LogP) is 1.64. The lowest BCUT2D eigenvalue weighted by atomic mass is 10.0. The Kier molecular flexibility index (Phi) is 5.57. The summed E-state index contributed by atoms with van der Waals surface area (Å²) >= 11 is 0. The van der Waals surface area contributed by atoms with Crippen LogP contribution in [0.3, 0.4) is 0 Å². The lowest BCUT2D eigenvalue weighted by molar-refractivity contribution is 0.162. The van der Waals surface area contributed by atoms with E-state index in [1.54, 1.807) is 6.92 Å². The van der Waals surface area contributed by atoms with Crippen molar-refractivity contribution in [3.8, 4) is 5.75 Å². The molecule has 0 saturated carbocycles. The maximum atomic E-state index is 12.9. The molecule has 86 valence electrons. The van der Waals surface area contributed by atoms with Crippen LogP contribution in [0.25, 0.3) is 0 Å². The number of aliphatic hydroxyl groups excluding tert-OH is 1. The third-order valence-corrected chi connectivity index (χ3v) is 2.07. The number of nitrogens with two attached hydrogens (primary N) is 1. The maximum Gasteiger partial charge on any atom is 0.123 e. The van der Waals surface area contributed by atoms with Crippen molar-refractivity contribution < 1.29 is 14.2 Å². The molecule has 0 bridgehead atoms. The van der Waals surface area contributed by atoms with E-state index in [2.05, 4.69) is 0 Å². The molecule has 3 nitrogen and oxygen atoms in total. The highest BCUT2D eigenvalue weighted by Crippen LogP contribution is 2.26. The van der Waals surface area contributed by atoms with Crippen molar-refractivity contribution in [3.63, 3.8) is 0 Å². The molecule has 1 rings (SSSR count). The average Bonchev–Trinajstić information content (AvgIpc) is 2.16. The van der Waals surface area contributed by atoms with Crippen LogP contribution in [0.5, 0.6) is 5.75 Å². The second kappa shape index (κ2) is 5.90. The number of aliphatic hydroxyl groups is 1. The molecule has 0 aliphatic carbocycles. The summed E-state index contributed by atoms with van der Waals surface area (Å²) in [4.78, 5) is 0. The molecule has 0 aliphatic heterocycles. The first-order valence-electron chi connectivity index (χ1n) is 4.33. The number of benzene rings is 1. The van der Waals surface area contributed by atoms with Gasteiger partial charge in [-0.3, -0.25) is 0 Å². The SMILES string of the molecule is COc1ccc(F)cc1[C@H](N)[C@@H](C)O.Cl. The standard InChI is InChI=1S/C10H14FNO2.ClH/c1-6(13)10(12)8-5-7(11)3-4-9(8)14-2;/h3-6,10,13H,12H2,1-2H3;1H/t6-,10-;/m1./s1. The third kappa shape index (κ3) is 3.34. The normalized spacial score (nSPS) is 13.9. The average molecular weight is 236 g/mol.